The van der Waals surface area contributed by atoms with Crippen molar-refractivity contribution < 1.29 is 17.0 Å². The zero-order valence-electron chi connectivity index (χ0n) is 20.1. The molecule has 0 unspecified atom stereocenters. The van der Waals surface area contributed by atoms with Crippen LogP contribution in [-0.4, -0.2) is 0 Å². The Hall–Kier alpha value is -0.00571. The molecule has 0 bridgehead atoms. The van der Waals surface area contributed by atoms with Crippen molar-refractivity contribution in [2.45, 2.75) is 105 Å². The first-order valence-corrected chi connectivity index (χ1v) is 16.8. The fourth-order valence-electron chi connectivity index (χ4n) is 5.89. The second kappa shape index (κ2) is 12.5. The van der Waals surface area contributed by atoms with Crippen LogP contribution in [-0.2, 0) is 68.4 Å². The van der Waals surface area contributed by atoms with Gasteiger partial charge in [0.15, 0.2) is 0 Å². The average molecular weight is 495 g/mol. The van der Waals surface area contributed by atoms with Crippen molar-refractivity contribution in [2.75, 3.05) is 0 Å². The molecule has 0 radical (unpaired) electrons. The Morgan fingerprint density at radius 3 is 2.39 bits per heavy atom. The van der Waals surface area contributed by atoms with Crippen LogP contribution in [0.2, 0.25) is 0 Å². The molecule has 0 aromatic heterocycles. The Balaban J connectivity index is 0.000000858. The Morgan fingerprint density at radius 1 is 0.968 bits per heavy atom. The van der Waals surface area contributed by atoms with Crippen LogP contribution in [0.5, 0.6) is 0 Å². The van der Waals surface area contributed by atoms with E-state index < -0.39 is 17.0 Å². The molecule has 0 amide bonds. The van der Waals surface area contributed by atoms with Gasteiger partial charge in [0.05, 0.1) is 0 Å². The van der Waals surface area contributed by atoms with Gasteiger partial charge in [-0.3, -0.25) is 0 Å². The third kappa shape index (κ3) is 6.75. The molecule has 176 valence electrons. The topological polar surface area (TPSA) is 0 Å². The van der Waals surface area contributed by atoms with E-state index in [9.17, 15) is 0 Å². The van der Waals surface area contributed by atoms with Crippen LogP contribution in [0.1, 0.15) is 97.9 Å². The van der Waals surface area contributed by atoms with E-state index >= 15 is 0 Å². The van der Waals surface area contributed by atoms with E-state index in [1.54, 1.807) is 44.5 Å². The number of rotatable bonds is 7. The van der Waals surface area contributed by atoms with Gasteiger partial charge in [0, 0.05) is 0 Å². The Labute approximate surface area is 207 Å². The van der Waals surface area contributed by atoms with E-state index in [2.05, 4.69) is 39.8 Å². The van der Waals surface area contributed by atoms with Gasteiger partial charge in [-0.05, 0) is 12.3 Å². The first kappa shape index (κ1) is 25.6. The minimum atomic E-state index is -0.556. The quantitative estimate of drug-likeness (QED) is 0.267. The molecular weight excluding hydrogens is 455 g/mol. The van der Waals surface area contributed by atoms with E-state index in [-0.39, 0.29) is 0 Å². The van der Waals surface area contributed by atoms with Crippen molar-refractivity contribution in [3.05, 3.63) is 56.6 Å². The number of hydrogen-bond acceptors (Lipinski definition) is 0. The van der Waals surface area contributed by atoms with Crippen molar-refractivity contribution in [1.29, 1.82) is 0 Å². The molecule has 4 rings (SSSR count). The third-order valence-corrected chi connectivity index (χ3v) is 7.11. The molecule has 0 spiro atoms. The minimum absolute atomic E-state index is 0.556. The SMILES string of the molecule is CC(C)Cc1c2c(c[c-]1CC[c-]1[cH-][c-]3[c-]([c-]1CC(C)C)CCCC3)CCCC2.[Cl][Ti][Cl]. The number of fused-ring (bicyclic) bond motifs is 2. The van der Waals surface area contributed by atoms with Gasteiger partial charge in [0.25, 0.3) is 0 Å². The molecule has 2 aliphatic rings. The molecule has 0 saturated carbocycles. The van der Waals surface area contributed by atoms with Crippen molar-refractivity contribution in [2.24, 2.45) is 11.8 Å². The molecule has 0 nitrogen and oxygen atoms in total. The summed E-state index contributed by atoms with van der Waals surface area (Å²) in [4.78, 5) is 0. The Bertz CT molecular complexity index is 756. The van der Waals surface area contributed by atoms with Crippen molar-refractivity contribution in [3.63, 3.8) is 0 Å². The monoisotopic (exact) mass is 494 g/mol. The summed E-state index contributed by atoms with van der Waals surface area (Å²) >= 11 is -0.556. The van der Waals surface area contributed by atoms with Crippen molar-refractivity contribution >= 4 is 18.6 Å². The van der Waals surface area contributed by atoms with Gasteiger partial charge in [-0.2, -0.15) is 28.3 Å². The molecule has 0 heterocycles. The predicted octanol–water partition coefficient (Wildman–Crippen LogP) is 8.44. The summed E-state index contributed by atoms with van der Waals surface area (Å²) < 4.78 is 0. The molecule has 0 atom stereocenters. The van der Waals surface area contributed by atoms with E-state index in [0.29, 0.717) is 0 Å². The van der Waals surface area contributed by atoms with E-state index in [1.165, 1.54) is 77.0 Å². The van der Waals surface area contributed by atoms with E-state index in [4.69, 9.17) is 18.6 Å². The average Bonchev–Trinajstić information content (AvgIpc) is 3.25. The molecule has 0 saturated heterocycles. The number of halogens is 2. The van der Waals surface area contributed by atoms with Gasteiger partial charge in [-0.1, -0.05) is 72.1 Å². The number of aryl methyl sites for hydroxylation is 4. The summed E-state index contributed by atoms with van der Waals surface area (Å²) in [6, 6.07) is 5.22. The first-order valence-electron chi connectivity index (χ1n) is 12.5. The van der Waals surface area contributed by atoms with E-state index in [0.717, 1.165) is 11.8 Å². The summed E-state index contributed by atoms with van der Waals surface area (Å²) in [6.45, 7) is 9.55. The van der Waals surface area contributed by atoms with Gasteiger partial charge in [0.1, 0.15) is 0 Å². The summed E-state index contributed by atoms with van der Waals surface area (Å²) in [6.07, 6.45) is 16.0. The maximum absolute atomic E-state index is 4.89. The van der Waals surface area contributed by atoms with E-state index in [1.807, 2.05) is 0 Å². The van der Waals surface area contributed by atoms with Crippen LogP contribution in [0.25, 0.3) is 0 Å². The van der Waals surface area contributed by atoms with Gasteiger partial charge in [0.2, 0.25) is 0 Å². The molecular formula is C28H40Cl2Ti-6. The van der Waals surface area contributed by atoms with Crippen LogP contribution in [0.15, 0.2) is 12.1 Å². The Kier molecular flexibility index (Phi) is 10.3. The summed E-state index contributed by atoms with van der Waals surface area (Å²) in [5, 5.41) is 0. The van der Waals surface area contributed by atoms with Crippen LogP contribution >= 0.6 is 18.6 Å². The van der Waals surface area contributed by atoms with Crippen LogP contribution in [0, 0.1) is 11.8 Å². The molecule has 0 aliphatic heterocycles. The second-order valence-corrected chi connectivity index (χ2v) is 13.1. The zero-order valence-corrected chi connectivity index (χ0v) is 23.1. The van der Waals surface area contributed by atoms with Crippen LogP contribution in [0.4, 0.5) is 0 Å². The molecule has 2 aliphatic carbocycles. The van der Waals surface area contributed by atoms with Gasteiger partial charge in [-0.15, -0.1) is 6.42 Å². The molecule has 0 N–H and O–H groups in total. The molecule has 31 heavy (non-hydrogen) atoms. The molecule has 2 aromatic carbocycles. The fourth-order valence-corrected chi connectivity index (χ4v) is 5.89. The predicted molar refractivity (Wildman–Crippen MR) is 134 cm³/mol. The third-order valence-electron chi connectivity index (χ3n) is 7.11. The Morgan fingerprint density at radius 2 is 1.68 bits per heavy atom. The summed E-state index contributed by atoms with van der Waals surface area (Å²) in [5.41, 5.74) is 13.8. The maximum atomic E-state index is 4.89. The summed E-state index contributed by atoms with van der Waals surface area (Å²) in [5.74, 6) is 1.52. The first-order chi connectivity index (χ1) is 14.9. The van der Waals surface area contributed by atoms with Crippen molar-refractivity contribution in [1.82, 2.24) is 0 Å². The molecule has 2 aromatic rings. The standard InChI is InChI=1S/C28H40.2ClH.Ti/c1-19(2)15-27-23(17-21-9-5-7-11-25(21)27)13-14-24-18-22-10-6-8-12-26(22)28(24)16-20(3)4;;;/h17-20H,5-16H2,1-4H3;2*1H;/q-6;;;+2/p-2. The van der Waals surface area contributed by atoms with Crippen LogP contribution in [0.3, 0.4) is 0 Å². The number of hydrogen-bond donors (Lipinski definition) is 0. The van der Waals surface area contributed by atoms with Gasteiger partial charge >= 0.3 is 35.6 Å². The van der Waals surface area contributed by atoms with Gasteiger partial charge in [-0.25, -0.2) is 25.7 Å². The zero-order chi connectivity index (χ0) is 22.4. The fraction of sp³-hybridized carbons (Fsp3) is 0.643. The normalized spacial score (nSPS) is 15.5. The molecule has 3 heteroatoms. The second-order valence-electron chi connectivity index (χ2n) is 10.5. The van der Waals surface area contributed by atoms with Crippen molar-refractivity contribution in [3.8, 4) is 0 Å². The van der Waals surface area contributed by atoms with Gasteiger partial charge < -0.3 is 28.3 Å². The molecule has 0 fully saturated rings. The summed E-state index contributed by atoms with van der Waals surface area (Å²) in [7, 11) is 9.78. The van der Waals surface area contributed by atoms with Crippen LogP contribution < -0.4 is 0 Å².